The number of carbonyl (C=O) groups excluding carboxylic acids is 1. The molecule has 0 fully saturated rings. The van der Waals surface area contributed by atoms with Gasteiger partial charge >= 0.3 is 18.5 Å². The van der Waals surface area contributed by atoms with Crippen LogP contribution in [-0.2, 0) is 16.2 Å². The van der Waals surface area contributed by atoms with E-state index in [0.29, 0.717) is 6.07 Å². The third kappa shape index (κ3) is 4.48. The van der Waals surface area contributed by atoms with Crippen molar-refractivity contribution < 1.29 is 40.6 Å². The monoisotopic (exact) mass is 381 g/mol. The van der Waals surface area contributed by atoms with Crippen molar-refractivity contribution in [1.29, 1.82) is 0 Å². The first-order chi connectivity index (χ1) is 9.49. The highest BCUT2D eigenvalue weighted by molar-refractivity contribution is 9.08. The normalized spacial score (nSPS) is 12.2. The minimum Gasteiger partial charge on any atom is -0.464 e. The van der Waals surface area contributed by atoms with E-state index < -0.39 is 46.5 Å². The molecule has 0 aliphatic rings. The van der Waals surface area contributed by atoms with Crippen molar-refractivity contribution in [2.45, 2.75) is 17.9 Å². The minimum atomic E-state index is -5.16. The third-order valence-corrected chi connectivity index (χ3v) is 2.71. The van der Waals surface area contributed by atoms with E-state index in [0.717, 1.165) is 7.11 Å². The Morgan fingerprint density at radius 1 is 1.29 bits per heavy atom. The Morgan fingerprint density at radius 3 is 2.24 bits per heavy atom. The molecule has 1 aromatic rings. The van der Waals surface area contributed by atoms with Crippen LogP contribution < -0.4 is 4.74 Å². The maximum absolute atomic E-state index is 12.9. The molecule has 0 radical (unpaired) electrons. The summed E-state index contributed by atoms with van der Waals surface area (Å²) in [7, 11) is 0.773. The second-order valence-electron chi connectivity index (χ2n) is 3.51. The van der Waals surface area contributed by atoms with E-state index >= 15 is 0 Å². The molecule has 0 atom stereocenters. The molecule has 0 bridgehead atoms. The van der Waals surface area contributed by atoms with Crippen LogP contribution in [0.25, 0.3) is 0 Å². The SMILES string of the molecule is COC(=O)c1nc(OC(F)(F)F)cc(CBr)c1C(F)(F)F. The van der Waals surface area contributed by atoms with Gasteiger partial charge in [0.25, 0.3) is 0 Å². The van der Waals surface area contributed by atoms with E-state index in [-0.39, 0.29) is 0 Å². The molecule has 21 heavy (non-hydrogen) atoms. The van der Waals surface area contributed by atoms with Gasteiger partial charge in [0.2, 0.25) is 5.88 Å². The Morgan fingerprint density at radius 2 is 1.86 bits per heavy atom. The number of halogens is 7. The van der Waals surface area contributed by atoms with Crippen LogP contribution in [0, 0.1) is 0 Å². The van der Waals surface area contributed by atoms with Gasteiger partial charge in [-0.15, -0.1) is 13.2 Å². The lowest BCUT2D eigenvalue weighted by molar-refractivity contribution is -0.276. The summed E-state index contributed by atoms with van der Waals surface area (Å²) in [5.41, 5.74) is -3.43. The number of nitrogens with zero attached hydrogens (tertiary/aromatic N) is 1. The number of aromatic nitrogens is 1. The molecule has 1 aromatic heterocycles. The van der Waals surface area contributed by atoms with Crippen LogP contribution in [-0.4, -0.2) is 24.4 Å². The van der Waals surface area contributed by atoms with Crippen LogP contribution in [0.5, 0.6) is 5.88 Å². The zero-order chi connectivity index (χ0) is 16.4. The van der Waals surface area contributed by atoms with Crippen LogP contribution in [0.3, 0.4) is 0 Å². The summed E-state index contributed by atoms with van der Waals surface area (Å²) in [4.78, 5) is 14.3. The van der Waals surface area contributed by atoms with Crippen molar-refractivity contribution in [2.24, 2.45) is 0 Å². The fourth-order valence-corrected chi connectivity index (χ4v) is 1.85. The number of rotatable bonds is 3. The van der Waals surface area contributed by atoms with Gasteiger partial charge in [0.15, 0.2) is 5.69 Å². The Hall–Kier alpha value is -1.52. The molecule has 0 aliphatic heterocycles. The zero-order valence-electron chi connectivity index (χ0n) is 10.1. The van der Waals surface area contributed by atoms with Crippen molar-refractivity contribution in [3.05, 3.63) is 22.9 Å². The highest BCUT2D eigenvalue weighted by Crippen LogP contribution is 2.37. The molecule has 0 spiro atoms. The number of hydrogen-bond donors (Lipinski definition) is 0. The maximum atomic E-state index is 12.9. The van der Waals surface area contributed by atoms with Gasteiger partial charge in [-0.05, 0) is 5.56 Å². The van der Waals surface area contributed by atoms with Crippen LogP contribution in [0.15, 0.2) is 6.07 Å². The molecule has 118 valence electrons. The number of ether oxygens (including phenoxy) is 2. The fourth-order valence-electron chi connectivity index (χ4n) is 1.41. The van der Waals surface area contributed by atoms with Crippen LogP contribution in [0.1, 0.15) is 21.6 Å². The van der Waals surface area contributed by atoms with Crippen molar-refractivity contribution in [1.82, 2.24) is 4.98 Å². The summed E-state index contributed by atoms with van der Waals surface area (Å²) < 4.78 is 82.7. The smallest absolute Gasteiger partial charge is 0.464 e. The Labute approximate surface area is 122 Å². The summed E-state index contributed by atoms with van der Waals surface area (Å²) in [6.45, 7) is 0. The van der Waals surface area contributed by atoms with Crippen LogP contribution in [0.2, 0.25) is 0 Å². The van der Waals surface area contributed by atoms with E-state index in [1.54, 1.807) is 0 Å². The van der Waals surface area contributed by atoms with E-state index in [1.807, 2.05) is 0 Å². The number of methoxy groups -OCH3 is 1. The van der Waals surface area contributed by atoms with E-state index in [4.69, 9.17) is 0 Å². The molecular weight excluding hydrogens is 376 g/mol. The Kier molecular flexibility index (Phi) is 5.07. The van der Waals surface area contributed by atoms with Crippen molar-refractivity contribution in [2.75, 3.05) is 7.11 Å². The third-order valence-electron chi connectivity index (χ3n) is 2.10. The number of pyridine rings is 1. The van der Waals surface area contributed by atoms with Gasteiger partial charge in [-0.2, -0.15) is 13.2 Å². The summed E-state index contributed by atoms with van der Waals surface area (Å²) in [6.07, 6.45) is -10.2. The molecule has 0 unspecified atom stereocenters. The molecule has 0 saturated heterocycles. The first-order valence-corrected chi connectivity index (χ1v) is 6.13. The van der Waals surface area contributed by atoms with Crippen LogP contribution in [0.4, 0.5) is 26.3 Å². The van der Waals surface area contributed by atoms with E-state index in [1.165, 1.54) is 0 Å². The highest BCUT2D eigenvalue weighted by Gasteiger charge is 2.41. The van der Waals surface area contributed by atoms with Gasteiger partial charge in [-0.3, -0.25) is 0 Å². The summed E-state index contributed by atoms with van der Waals surface area (Å²) in [5, 5.41) is -0.470. The Bertz CT molecular complexity index is 543. The number of carbonyl (C=O) groups is 1. The topological polar surface area (TPSA) is 48.4 Å². The number of alkyl halides is 7. The van der Waals surface area contributed by atoms with Crippen LogP contribution >= 0.6 is 15.9 Å². The van der Waals surface area contributed by atoms with Gasteiger partial charge in [0.1, 0.15) is 0 Å². The lowest BCUT2D eigenvalue weighted by Gasteiger charge is -2.16. The summed E-state index contributed by atoms with van der Waals surface area (Å²) >= 11 is 2.70. The molecule has 1 heterocycles. The molecule has 0 amide bonds. The Balaban J connectivity index is 3.54. The number of esters is 1. The van der Waals surface area contributed by atoms with Gasteiger partial charge in [-0.1, -0.05) is 15.9 Å². The molecule has 0 aliphatic carbocycles. The molecule has 1 rings (SSSR count). The lowest BCUT2D eigenvalue weighted by Crippen LogP contribution is -2.22. The van der Waals surface area contributed by atoms with Crippen molar-refractivity contribution in [3.8, 4) is 5.88 Å². The predicted molar refractivity (Wildman–Crippen MR) is 59.9 cm³/mol. The fraction of sp³-hybridized carbons (Fsp3) is 0.400. The van der Waals surface area contributed by atoms with Gasteiger partial charge in [-0.25, -0.2) is 9.78 Å². The molecule has 11 heteroatoms. The molecule has 0 aromatic carbocycles. The van der Waals surface area contributed by atoms with Gasteiger partial charge in [0.05, 0.1) is 12.7 Å². The van der Waals surface area contributed by atoms with Gasteiger partial charge in [0, 0.05) is 11.4 Å². The predicted octanol–water partition coefficient (Wildman–Crippen LogP) is 3.68. The molecule has 4 nitrogen and oxygen atoms in total. The molecular formula is C10H6BrF6NO3. The zero-order valence-corrected chi connectivity index (χ0v) is 11.7. The summed E-state index contributed by atoms with van der Waals surface area (Å²) in [6, 6.07) is 0.442. The molecule has 0 N–H and O–H groups in total. The average molecular weight is 382 g/mol. The second kappa shape index (κ2) is 6.08. The lowest BCUT2D eigenvalue weighted by atomic mass is 10.1. The average Bonchev–Trinajstić information content (AvgIpc) is 2.33. The summed E-state index contributed by atoms with van der Waals surface area (Å²) in [5.74, 6) is -2.72. The van der Waals surface area contributed by atoms with E-state index in [2.05, 4.69) is 30.4 Å². The number of hydrogen-bond acceptors (Lipinski definition) is 4. The quantitative estimate of drug-likeness (QED) is 0.455. The first-order valence-electron chi connectivity index (χ1n) is 5.00. The van der Waals surface area contributed by atoms with Crippen molar-refractivity contribution >= 4 is 21.9 Å². The standard InChI is InChI=1S/C10H6BrF6NO3/c1-20-8(19)7-6(9(12,13)14)4(3-11)2-5(18-7)21-10(15,16)17/h2H,3H2,1H3. The van der Waals surface area contributed by atoms with Crippen molar-refractivity contribution in [3.63, 3.8) is 0 Å². The maximum Gasteiger partial charge on any atom is 0.574 e. The molecule has 0 saturated carbocycles. The first kappa shape index (κ1) is 17.5. The highest BCUT2D eigenvalue weighted by atomic mass is 79.9. The largest absolute Gasteiger partial charge is 0.574 e. The minimum absolute atomic E-state index is 0.442. The van der Waals surface area contributed by atoms with E-state index in [9.17, 15) is 31.1 Å². The van der Waals surface area contributed by atoms with Gasteiger partial charge < -0.3 is 9.47 Å². The second-order valence-corrected chi connectivity index (χ2v) is 4.07.